The van der Waals surface area contributed by atoms with Crippen LogP contribution in [0.15, 0.2) is 28.8 Å². The van der Waals surface area contributed by atoms with Crippen molar-refractivity contribution in [2.45, 2.75) is 0 Å². The number of hydrogen-bond donors (Lipinski definition) is 0. The molecule has 2 heterocycles. The van der Waals surface area contributed by atoms with Crippen LogP contribution in [0.1, 0.15) is 0 Å². The number of nitro benzene ring substituents is 1. The van der Waals surface area contributed by atoms with Gasteiger partial charge in [-0.05, 0) is 6.07 Å². The van der Waals surface area contributed by atoms with Gasteiger partial charge in [-0.3, -0.25) is 10.1 Å². The van der Waals surface area contributed by atoms with Gasteiger partial charge in [0, 0.05) is 17.5 Å². The lowest BCUT2D eigenvalue weighted by Gasteiger charge is -1.90. The van der Waals surface area contributed by atoms with Crippen molar-refractivity contribution in [3.8, 4) is 0 Å². The lowest BCUT2D eigenvalue weighted by molar-refractivity contribution is -0.384. The molecule has 3 aromatic rings. The lowest BCUT2D eigenvalue weighted by Crippen LogP contribution is -1.86. The van der Waals surface area contributed by atoms with E-state index in [1.54, 1.807) is 0 Å². The summed E-state index contributed by atoms with van der Waals surface area (Å²) in [4.78, 5) is 10.2. The molecule has 2 aromatic heterocycles. The molecular formula is C10H4ClN3O3. The van der Waals surface area contributed by atoms with Crippen molar-refractivity contribution in [1.29, 1.82) is 0 Å². The Balaban J connectivity index is 2.46. The van der Waals surface area contributed by atoms with Crippen LogP contribution in [-0.4, -0.2) is 15.1 Å². The van der Waals surface area contributed by atoms with Crippen molar-refractivity contribution in [2.75, 3.05) is 0 Å². The summed E-state index contributed by atoms with van der Waals surface area (Å²) in [6.45, 7) is 0. The van der Waals surface area contributed by atoms with Crippen molar-refractivity contribution in [3.05, 3.63) is 39.7 Å². The largest absolute Gasteiger partial charge is 0.453 e. The molecule has 0 aliphatic heterocycles. The minimum atomic E-state index is -0.464. The van der Waals surface area contributed by atoms with Gasteiger partial charge in [-0.25, -0.2) is 0 Å². The molecule has 0 spiro atoms. The van der Waals surface area contributed by atoms with Crippen molar-refractivity contribution in [3.63, 3.8) is 0 Å². The molecule has 7 heteroatoms. The molecule has 0 aliphatic rings. The highest BCUT2D eigenvalue weighted by Gasteiger charge is 2.14. The van der Waals surface area contributed by atoms with E-state index in [4.69, 9.17) is 16.0 Å². The van der Waals surface area contributed by atoms with Crippen LogP contribution in [0.3, 0.4) is 0 Å². The van der Waals surface area contributed by atoms with Gasteiger partial charge < -0.3 is 4.42 Å². The first-order valence-electron chi connectivity index (χ1n) is 4.64. The highest BCUT2D eigenvalue weighted by Crippen LogP contribution is 2.33. The highest BCUT2D eigenvalue weighted by atomic mass is 35.5. The van der Waals surface area contributed by atoms with Gasteiger partial charge in [0.15, 0.2) is 10.7 Å². The minimum absolute atomic E-state index is 0.00636. The molecular weight excluding hydrogens is 246 g/mol. The molecule has 0 aliphatic carbocycles. The molecule has 0 N–H and O–H groups in total. The van der Waals surface area contributed by atoms with Crippen LogP contribution in [0.2, 0.25) is 5.15 Å². The standard InChI is InChI=1S/C10H4ClN3O3/c11-10-9-7(4-12-13-10)6-3-5(14(15)16)1-2-8(6)17-9/h1-4H. The number of rotatable bonds is 1. The predicted octanol–water partition coefficient (Wildman–Crippen LogP) is 2.94. The Kier molecular flexibility index (Phi) is 1.99. The number of non-ortho nitro benzene ring substituents is 1. The molecule has 84 valence electrons. The van der Waals surface area contributed by atoms with Crippen LogP contribution in [0, 0.1) is 10.1 Å². The number of nitrogens with zero attached hydrogens (tertiary/aromatic N) is 3. The molecule has 6 nitrogen and oxygen atoms in total. The second kappa shape index (κ2) is 3.39. The zero-order chi connectivity index (χ0) is 12.0. The first-order chi connectivity index (χ1) is 8.16. The number of benzene rings is 1. The van der Waals surface area contributed by atoms with Gasteiger partial charge >= 0.3 is 0 Å². The van der Waals surface area contributed by atoms with Crippen molar-refractivity contribution >= 4 is 39.2 Å². The van der Waals surface area contributed by atoms with Gasteiger partial charge in [0.2, 0.25) is 0 Å². The van der Waals surface area contributed by atoms with Crippen LogP contribution in [0.25, 0.3) is 21.9 Å². The van der Waals surface area contributed by atoms with Crippen molar-refractivity contribution in [2.24, 2.45) is 0 Å². The normalized spacial score (nSPS) is 11.1. The molecule has 0 saturated carbocycles. The second-order valence-corrected chi connectivity index (χ2v) is 3.78. The Hall–Kier alpha value is -2.21. The fourth-order valence-corrected chi connectivity index (χ4v) is 1.87. The Bertz CT molecular complexity index is 753. The van der Waals surface area contributed by atoms with E-state index >= 15 is 0 Å². The Morgan fingerprint density at radius 2 is 2.18 bits per heavy atom. The first kappa shape index (κ1) is 9.98. The van der Waals surface area contributed by atoms with E-state index in [2.05, 4.69) is 10.2 Å². The first-order valence-corrected chi connectivity index (χ1v) is 5.02. The monoisotopic (exact) mass is 249 g/mol. The fourth-order valence-electron chi connectivity index (χ4n) is 1.68. The summed E-state index contributed by atoms with van der Waals surface area (Å²) in [5, 5.41) is 19.4. The molecule has 0 fully saturated rings. The molecule has 3 rings (SSSR count). The fraction of sp³-hybridized carbons (Fsp3) is 0. The predicted molar refractivity (Wildman–Crippen MR) is 61.0 cm³/mol. The summed E-state index contributed by atoms with van der Waals surface area (Å²) in [5.41, 5.74) is 0.896. The van der Waals surface area contributed by atoms with E-state index in [-0.39, 0.29) is 10.8 Å². The number of aromatic nitrogens is 2. The Labute approximate surface area is 99.0 Å². The van der Waals surface area contributed by atoms with E-state index in [9.17, 15) is 10.1 Å². The summed E-state index contributed by atoms with van der Waals surface area (Å²) in [7, 11) is 0. The maximum absolute atomic E-state index is 10.7. The third kappa shape index (κ3) is 1.42. The summed E-state index contributed by atoms with van der Waals surface area (Å²) in [6, 6.07) is 4.34. The number of nitro groups is 1. The quantitative estimate of drug-likeness (QED) is 0.489. The molecule has 1 aromatic carbocycles. The lowest BCUT2D eigenvalue weighted by atomic mass is 10.2. The van der Waals surface area contributed by atoms with Gasteiger partial charge in [-0.2, -0.15) is 5.10 Å². The van der Waals surface area contributed by atoms with Crippen LogP contribution in [0.4, 0.5) is 5.69 Å². The van der Waals surface area contributed by atoms with Gasteiger partial charge in [-0.1, -0.05) is 11.6 Å². The summed E-state index contributed by atoms with van der Waals surface area (Å²) >= 11 is 5.83. The second-order valence-electron chi connectivity index (χ2n) is 3.42. The average molecular weight is 250 g/mol. The van der Waals surface area contributed by atoms with Crippen LogP contribution >= 0.6 is 11.6 Å². The average Bonchev–Trinajstić information content (AvgIpc) is 2.68. The molecule has 0 bridgehead atoms. The van der Waals surface area contributed by atoms with E-state index in [0.717, 1.165) is 0 Å². The molecule has 0 radical (unpaired) electrons. The number of fused-ring (bicyclic) bond motifs is 3. The number of hydrogen-bond acceptors (Lipinski definition) is 5. The van der Waals surface area contributed by atoms with Crippen LogP contribution < -0.4 is 0 Å². The molecule has 0 amide bonds. The molecule has 0 atom stereocenters. The summed E-state index contributed by atoms with van der Waals surface area (Å²) in [6.07, 6.45) is 1.47. The van der Waals surface area contributed by atoms with Gasteiger partial charge in [-0.15, -0.1) is 5.10 Å². The smallest absolute Gasteiger partial charge is 0.270 e. The van der Waals surface area contributed by atoms with Crippen LogP contribution in [-0.2, 0) is 0 Å². The zero-order valence-corrected chi connectivity index (χ0v) is 9.01. The van der Waals surface area contributed by atoms with E-state index in [1.165, 1.54) is 24.4 Å². The number of furan rings is 1. The van der Waals surface area contributed by atoms with E-state index < -0.39 is 4.92 Å². The van der Waals surface area contributed by atoms with Crippen molar-refractivity contribution < 1.29 is 9.34 Å². The Morgan fingerprint density at radius 1 is 1.35 bits per heavy atom. The third-order valence-corrected chi connectivity index (χ3v) is 2.69. The van der Waals surface area contributed by atoms with Crippen molar-refractivity contribution in [1.82, 2.24) is 10.2 Å². The molecule has 0 unspecified atom stereocenters. The topological polar surface area (TPSA) is 82.1 Å². The zero-order valence-electron chi connectivity index (χ0n) is 8.25. The Morgan fingerprint density at radius 3 is 2.94 bits per heavy atom. The summed E-state index contributed by atoms with van der Waals surface area (Å²) in [5.74, 6) is 0. The van der Waals surface area contributed by atoms with E-state index in [0.29, 0.717) is 21.9 Å². The van der Waals surface area contributed by atoms with E-state index in [1.807, 2.05) is 0 Å². The minimum Gasteiger partial charge on any atom is -0.453 e. The highest BCUT2D eigenvalue weighted by molar-refractivity contribution is 6.34. The van der Waals surface area contributed by atoms with Gasteiger partial charge in [0.25, 0.3) is 5.69 Å². The maximum Gasteiger partial charge on any atom is 0.270 e. The number of halogens is 1. The SMILES string of the molecule is O=[N+]([O-])c1ccc2oc3c(Cl)nncc3c2c1. The molecule has 17 heavy (non-hydrogen) atoms. The maximum atomic E-state index is 10.7. The molecule has 0 saturated heterocycles. The summed E-state index contributed by atoms with van der Waals surface area (Å²) < 4.78 is 5.46. The van der Waals surface area contributed by atoms with Crippen LogP contribution in [0.5, 0.6) is 0 Å². The van der Waals surface area contributed by atoms with Gasteiger partial charge in [0.1, 0.15) is 5.58 Å². The third-order valence-electron chi connectivity index (χ3n) is 2.44. The van der Waals surface area contributed by atoms with Gasteiger partial charge in [0.05, 0.1) is 16.5 Å².